The number of carbonyl (C=O) groups excluding carboxylic acids is 2. The third-order valence-corrected chi connectivity index (χ3v) is 6.36. The Morgan fingerprint density at radius 2 is 1.83 bits per heavy atom. The molecule has 0 radical (unpaired) electrons. The highest BCUT2D eigenvalue weighted by Gasteiger charge is 2.16. The fourth-order valence-electron chi connectivity index (χ4n) is 2.59. The van der Waals surface area contributed by atoms with Gasteiger partial charge in [0.2, 0.25) is 0 Å². The summed E-state index contributed by atoms with van der Waals surface area (Å²) in [7, 11) is 1.28. The molecular formula is C22H17BrClNO3S. The molecule has 0 saturated carbocycles. The number of hydrogen-bond acceptors (Lipinski definition) is 4. The van der Waals surface area contributed by atoms with Crippen molar-refractivity contribution in [3.8, 4) is 0 Å². The lowest BCUT2D eigenvalue weighted by Gasteiger charge is -2.11. The molecule has 0 unspecified atom stereocenters. The number of esters is 1. The Hall–Kier alpha value is -2.28. The number of halogens is 2. The van der Waals surface area contributed by atoms with Crippen LogP contribution in [0.1, 0.15) is 26.3 Å². The number of nitrogens with one attached hydrogen (secondary N) is 1. The number of carbonyl (C=O) groups is 2. The number of methoxy groups -OCH3 is 1. The zero-order chi connectivity index (χ0) is 20.8. The molecule has 4 nitrogen and oxygen atoms in total. The number of rotatable bonds is 6. The molecule has 0 aromatic heterocycles. The maximum absolute atomic E-state index is 12.7. The summed E-state index contributed by atoms with van der Waals surface area (Å²) in [5.74, 6) is -0.0763. The molecule has 0 aliphatic heterocycles. The van der Waals surface area contributed by atoms with Crippen molar-refractivity contribution in [2.45, 2.75) is 10.6 Å². The van der Waals surface area contributed by atoms with Crippen molar-refractivity contribution < 1.29 is 14.3 Å². The average Bonchev–Trinajstić information content (AvgIpc) is 2.74. The number of thioether (sulfide) groups is 1. The van der Waals surface area contributed by atoms with E-state index >= 15 is 0 Å². The molecule has 148 valence electrons. The van der Waals surface area contributed by atoms with E-state index in [2.05, 4.69) is 33.4 Å². The minimum Gasteiger partial charge on any atom is -0.465 e. The second kappa shape index (κ2) is 9.96. The van der Waals surface area contributed by atoms with E-state index in [1.807, 2.05) is 24.3 Å². The van der Waals surface area contributed by atoms with Gasteiger partial charge in [-0.1, -0.05) is 41.9 Å². The predicted octanol–water partition coefficient (Wildman–Crippen LogP) is 6.43. The molecule has 1 amide bonds. The van der Waals surface area contributed by atoms with E-state index in [9.17, 15) is 9.59 Å². The van der Waals surface area contributed by atoms with Gasteiger partial charge in [0.05, 0.1) is 18.4 Å². The first-order valence-corrected chi connectivity index (χ1v) is 10.8. The Balaban J connectivity index is 1.74. The maximum Gasteiger partial charge on any atom is 0.340 e. The summed E-state index contributed by atoms with van der Waals surface area (Å²) in [6.45, 7) is 0. The summed E-state index contributed by atoms with van der Waals surface area (Å²) in [6, 6.07) is 20.2. The molecule has 0 atom stereocenters. The van der Waals surface area contributed by atoms with Crippen molar-refractivity contribution >= 4 is 56.9 Å². The van der Waals surface area contributed by atoms with Gasteiger partial charge in [-0.25, -0.2) is 4.79 Å². The van der Waals surface area contributed by atoms with E-state index in [4.69, 9.17) is 16.3 Å². The molecule has 3 aromatic rings. The molecule has 0 heterocycles. The maximum atomic E-state index is 12.7. The van der Waals surface area contributed by atoms with Gasteiger partial charge >= 0.3 is 5.97 Å². The Labute approximate surface area is 186 Å². The quantitative estimate of drug-likeness (QED) is 0.319. The summed E-state index contributed by atoms with van der Waals surface area (Å²) >= 11 is 11.2. The molecule has 0 fully saturated rings. The van der Waals surface area contributed by atoms with Gasteiger partial charge < -0.3 is 10.1 Å². The van der Waals surface area contributed by atoms with Crippen LogP contribution >= 0.6 is 39.3 Å². The van der Waals surface area contributed by atoms with Gasteiger partial charge in [-0.15, -0.1) is 11.8 Å². The zero-order valence-electron chi connectivity index (χ0n) is 15.4. The Kier molecular flexibility index (Phi) is 7.36. The van der Waals surface area contributed by atoms with Crippen LogP contribution < -0.4 is 5.32 Å². The molecule has 0 saturated heterocycles. The second-order valence-corrected chi connectivity index (χ2v) is 8.36. The highest BCUT2D eigenvalue weighted by molar-refractivity contribution is 9.10. The molecule has 3 aromatic carbocycles. The van der Waals surface area contributed by atoms with Crippen LogP contribution in [0, 0.1) is 0 Å². The molecule has 3 rings (SSSR count). The SMILES string of the molecule is COC(=O)c1cc(Cl)ccc1NC(=O)c1ccc(SCc2ccccc2)c(Br)c1. The topological polar surface area (TPSA) is 55.4 Å². The summed E-state index contributed by atoms with van der Waals surface area (Å²) in [4.78, 5) is 25.7. The van der Waals surface area contributed by atoms with Crippen molar-refractivity contribution in [1.29, 1.82) is 0 Å². The first kappa shape index (κ1) is 21.4. The third kappa shape index (κ3) is 5.63. The Morgan fingerprint density at radius 1 is 1.07 bits per heavy atom. The molecule has 0 aliphatic rings. The lowest BCUT2D eigenvalue weighted by Crippen LogP contribution is -2.15. The summed E-state index contributed by atoms with van der Waals surface area (Å²) in [5.41, 5.74) is 2.23. The van der Waals surface area contributed by atoms with Gasteiger partial charge in [0.15, 0.2) is 0 Å². The van der Waals surface area contributed by atoms with E-state index < -0.39 is 5.97 Å². The van der Waals surface area contributed by atoms with E-state index in [-0.39, 0.29) is 11.5 Å². The van der Waals surface area contributed by atoms with Gasteiger partial charge in [0.1, 0.15) is 0 Å². The Bertz CT molecular complexity index is 1040. The highest BCUT2D eigenvalue weighted by atomic mass is 79.9. The lowest BCUT2D eigenvalue weighted by molar-refractivity contribution is 0.0602. The minimum absolute atomic E-state index is 0.197. The van der Waals surface area contributed by atoms with Crippen LogP contribution in [0.25, 0.3) is 0 Å². The monoisotopic (exact) mass is 489 g/mol. The van der Waals surface area contributed by atoms with Crippen molar-refractivity contribution in [2.24, 2.45) is 0 Å². The number of ether oxygens (including phenoxy) is 1. The first-order chi connectivity index (χ1) is 14.0. The molecule has 7 heteroatoms. The van der Waals surface area contributed by atoms with Crippen LogP contribution in [0.5, 0.6) is 0 Å². The minimum atomic E-state index is -0.573. The van der Waals surface area contributed by atoms with Gasteiger partial charge in [-0.3, -0.25) is 4.79 Å². The molecule has 0 bridgehead atoms. The normalized spacial score (nSPS) is 10.4. The fraction of sp³-hybridized carbons (Fsp3) is 0.0909. The number of amides is 1. The number of anilines is 1. The fourth-order valence-corrected chi connectivity index (χ4v) is 4.36. The van der Waals surface area contributed by atoms with Crippen molar-refractivity contribution in [3.05, 3.63) is 92.9 Å². The van der Waals surface area contributed by atoms with Crippen LogP contribution in [0.3, 0.4) is 0 Å². The molecule has 0 aliphatic carbocycles. The van der Waals surface area contributed by atoms with Gasteiger partial charge in [-0.05, 0) is 57.9 Å². The van der Waals surface area contributed by atoms with Gasteiger partial charge in [0, 0.05) is 25.7 Å². The smallest absolute Gasteiger partial charge is 0.340 e. The number of hydrogen-bond donors (Lipinski definition) is 1. The van der Waals surface area contributed by atoms with Crippen LogP contribution in [-0.4, -0.2) is 19.0 Å². The zero-order valence-corrected chi connectivity index (χ0v) is 18.6. The van der Waals surface area contributed by atoms with Crippen LogP contribution in [0.4, 0.5) is 5.69 Å². The average molecular weight is 491 g/mol. The van der Waals surface area contributed by atoms with Crippen molar-refractivity contribution in [2.75, 3.05) is 12.4 Å². The molecule has 1 N–H and O–H groups in total. The van der Waals surface area contributed by atoms with Crippen LogP contribution in [-0.2, 0) is 10.5 Å². The van der Waals surface area contributed by atoms with E-state index in [1.54, 1.807) is 36.0 Å². The largest absolute Gasteiger partial charge is 0.465 e. The number of benzene rings is 3. The van der Waals surface area contributed by atoms with Crippen molar-refractivity contribution in [1.82, 2.24) is 0 Å². The van der Waals surface area contributed by atoms with Crippen molar-refractivity contribution in [3.63, 3.8) is 0 Å². The van der Waals surface area contributed by atoms with Crippen LogP contribution in [0.15, 0.2) is 76.1 Å². The van der Waals surface area contributed by atoms with E-state index in [0.29, 0.717) is 16.3 Å². The lowest BCUT2D eigenvalue weighted by atomic mass is 10.1. The predicted molar refractivity (Wildman–Crippen MR) is 121 cm³/mol. The van der Waals surface area contributed by atoms with E-state index in [1.165, 1.54) is 18.7 Å². The molecule has 0 spiro atoms. The van der Waals surface area contributed by atoms with E-state index in [0.717, 1.165) is 15.1 Å². The summed E-state index contributed by atoms with van der Waals surface area (Å²) in [5, 5.41) is 3.13. The van der Waals surface area contributed by atoms with Gasteiger partial charge in [-0.2, -0.15) is 0 Å². The van der Waals surface area contributed by atoms with Gasteiger partial charge in [0.25, 0.3) is 5.91 Å². The first-order valence-electron chi connectivity index (χ1n) is 8.63. The molecular weight excluding hydrogens is 474 g/mol. The third-order valence-electron chi connectivity index (χ3n) is 4.07. The highest BCUT2D eigenvalue weighted by Crippen LogP contribution is 2.31. The second-order valence-electron chi connectivity index (χ2n) is 6.06. The summed E-state index contributed by atoms with van der Waals surface area (Å²) in [6.07, 6.45) is 0. The Morgan fingerprint density at radius 3 is 2.52 bits per heavy atom. The molecule has 29 heavy (non-hydrogen) atoms. The standard InChI is InChI=1S/C22H17BrClNO3S/c1-28-22(27)17-12-16(24)8-9-19(17)25-21(26)15-7-10-20(18(23)11-15)29-13-14-5-3-2-4-6-14/h2-12H,13H2,1H3,(H,25,26). The van der Waals surface area contributed by atoms with Crippen LogP contribution in [0.2, 0.25) is 5.02 Å². The summed E-state index contributed by atoms with van der Waals surface area (Å²) < 4.78 is 5.59.